The Labute approximate surface area is 151 Å². The van der Waals surface area contributed by atoms with Gasteiger partial charge in [-0.15, -0.1) is 0 Å². The van der Waals surface area contributed by atoms with Crippen LogP contribution in [0.25, 0.3) is 0 Å². The molecule has 1 radical (unpaired) electrons. The van der Waals surface area contributed by atoms with E-state index in [1.54, 1.807) is 0 Å². The fraction of sp³-hybridized carbons (Fsp3) is 0.583. The third-order valence-electron chi connectivity index (χ3n) is 4.46. The second-order valence-corrected chi connectivity index (χ2v) is 6.73. The molecule has 0 fully saturated rings. The van der Waals surface area contributed by atoms with Gasteiger partial charge in [0.2, 0.25) is 0 Å². The first-order valence-corrected chi connectivity index (χ1v) is 10.2. The van der Waals surface area contributed by atoms with Gasteiger partial charge in [0.25, 0.3) is 0 Å². The van der Waals surface area contributed by atoms with E-state index in [2.05, 4.69) is 54.7 Å². The Morgan fingerprint density at radius 1 is 0.417 bits per heavy atom. The van der Waals surface area contributed by atoms with Crippen molar-refractivity contribution in [3.05, 3.63) is 60.8 Å². The molecule has 0 spiro atoms. The normalized spacial score (nSPS) is 27.3. The van der Waals surface area contributed by atoms with E-state index in [-0.39, 0.29) is 0 Å². The van der Waals surface area contributed by atoms with E-state index in [1.807, 2.05) is 6.08 Å². The van der Waals surface area contributed by atoms with Gasteiger partial charge < -0.3 is 0 Å². The Balaban J connectivity index is 2.25. The van der Waals surface area contributed by atoms with E-state index in [0.717, 1.165) is 6.42 Å². The topological polar surface area (TPSA) is 0 Å². The summed E-state index contributed by atoms with van der Waals surface area (Å²) < 4.78 is 0. The maximum atomic E-state index is 3.36. The third-order valence-corrected chi connectivity index (χ3v) is 4.46. The fourth-order valence-corrected chi connectivity index (χ4v) is 2.96. The second kappa shape index (κ2) is 18.0. The minimum Gasteiger partial charge on any atom is -0.0845 e. The average Bonchev–Trinajstić information content (AvgIpc) is 2.59. The Kier molecular flexibility index (Phi) is 15.6. The SMILES string of the molecule is [C]1=C/C=C/C=C\C=C\C=C\CCCCCCCCCCCCCC/1. The lowest BCUT2D eigenvalue weighted by molar-refractivity contribution is 0.541. The molecule has 1 aliphatic carbocycles. The Morgan fingerprint density at radius 2 is 0.875 bits per heavy atom. The highest BCUT2D eigenvalue weighted by Crippen LogP contribution is 2.13. The predicted molar refractivity (Wildman–Crippen MR) is 109 cm³/mol. The molecule has 0 saturated carbocycles. The summed E-state index contributed by atoms with van der Waals surface area (Å²) in [5.41, 5.74) is 0. The van der Waals surface area contributed by atoms with Crippen molar-refractivity contribution in [1.82, 2.24) is 0 Å². The lowest BCUT2D eigenvalue weighted by Gasteiger charge is -2.02. The van der Waals surface area contributed by atoms with Gasteiger partial charge in [0.05, 0.1) is 0 Å². The first-order valence-electron chi connectivity index (χ1n) is 10.2. The van der Waals surface area contributed by atoms with E-state index in [4.69, 9.17) is 0 Å². The number of hydrogen-bond acceptors (Lipinski definition) is 0. The molecule has 0 aromatic rings. The first kappa shape index (κ1) is 20.7. The van der Waals surface area contributed by atoms with Crippen molar-refractivity contribution in [1.29, 1.82) is 0 Å². The number of allylic oxidation sites excluding steroid dienone is 10. The highest BCUT2D eigenvalue weighted by Gasteiger charge is 1.93. The van der Waals surface area contributed by atoms with Crippen molar-refractivity contribution >= 4 is 0 Å². The first-order chi connectivity index (χ1) is 12.0. The summed E-state index contributed by atoms with van der Waals surface area (Å²) in [5.74, 6) is 0. The molecule has 24 heavy (non-hydrogen) atoms. The molecule has 0 N–H and O–H groups in total. The van der Waals surface area contributed by atoms with Crippen molar-refractivity contribution in [3.8, 4) is 0 Å². The molecule has 0 aromatic carbocycles. The van der Waals surface area contributed by atoms with Crippen LogP contribution >= 0.6 is 0 Å². The summed E-state index contributed by atoms with van der Waals surface area (Å²) in [6.07, 6.45) is 41.5. The number of hydrogen-bond donors (Lipinski definition) is 0. The zero-order valence-corrected chi connectivity index (χ0v) is 15.6. The highest BCUT2D eigenvalue weighted by molar-refractivity contribution is 5.17. The molecule has 133 valence electrons. The molecule has 0 aromatic heterocycles. The summed E-state index contributed by atoms with van der Waals surface area (Å²) in [6, 6.07) is 0. The Morgan fingerprint density at radius 3 is 1.50 bits per heavy atom. The lowest BCUT2D eigenvalue weighted by atomic mass is 10.0. The van der Waals surface area contributed by atoms with Crippen LogP contribution in [0, 0.1) is 6.08 Å². The molecule has 0 nitrogen and oxygen atoms in total. The van der Waals surface area contributed by atoms with Crippen LogP contribution in [0.5, 0.6) is 0 Å². The van der Waals surface area contributed by atoms with Gasteiger partial charge in [-0.1, -0.05) is 119 Å². The van der Waals surface area contributed by atoms with Gasteiger partial charge in [-0.05, 0) is 31.8 Å². The highest BCUT2D eigenvalue weighted by atomic mass is 14.0. The van der Waals surface area contributed by atoms with Crippen LogP contribution in [0.2, 0.25) is 0 Å². The summed E-state index contributed by atoms with van der Waals surface area (Å²) in [7, 11) is 0. The van der Waals surface area contributed by atoms with Crippen molar-refractivity contribution in [2.24, 2.45) is 0 Å². The molecule has 0 aliphatic heterocycles. The van der Waals surface area contributed by atoms with Gasteiger partial charge in [-0.3, -0.25) is 0 Å². The maximum absolute atomic E-state index is 3.36. The molecule has 1 rings (SSSR count). The van der Waals surface area contributed by atoms with E-state index < -0.39 is 0 Å². The van der Waals surface area contributed by atoms with Gasteiger partial charge in [0.1, 0.15) is 0 Å². The molecule has 0 saturated heterocycles. The molecule has 0 heterocycles. The molecular formula is C24H37. The fourth-order valence-electron chi connectivity index (χ4n) is 2.96. The molecule has 0 unspecified atom stereocenters. The largest absolute Gasteiger partial charge is 0.0845 e. The standard InChI is InChI=1S/C24H37/c1-2-4-6-8-10-12-14-16-18-20-22-24-23-21-19-17-15-13-11-9-7-5-3-1/h1-9H,10,12-24H2/b3-1-,4-2+,7-5+,8-6+,11-9?. The quantitative estimate of drug-likeness (QED) is 0.422. The van der Waals surface area contributed by atoms with Crippen LogP contribution in [-0.2, 0) is 0 Å². The molecule has 0 amide bonds. The minimum atomic E-state index is 1.10. The van der Waals surface area contributed by atoms with Gasteiger partial charge in [-0.2, -0.15) is 0 Å². The zero-order valence-electron chi connectivity index (χ0n) is 15.6. The van der Waals surface area contributed by atoms with Gasteiger partial charge >= 0.3 is 0 Å². The molecular weight excluding hydrogens is 288 g/mol. The molecule has 1 aliphatic rings. The molecule has 0 bridgehead atoms. The molecule has 0 heteroatoms. The van der Waals surface area contributed by atoms with Crippen molar-refractivity contribution in [3.63, 3.8) is 0 Å². The molecule has 0 atom stereocenters. The smallest absolute Gasteiger partial charge is 0.0276 e. The summed E-state index contributed by atoms with van der Waals surface area (Å²) in [4.78, 5) is 0. The summed E-state index contributed by atoms with van der Waals surface area (Å²) in [5, 5.41) is 0. The second-order valence-electron chi connectivity index (χ2n) is 6.73. The Bertz CT molecular complexity index is 354. The van der Waals surface area contributed by atoms with Crippen LogP contribution in [0.15, 0.2) is 54.7 Å². The summed E-state index contributed by atoms with van der Waals surface area (Å²) in [6.45, 7) is 0. The van der Waals surface area contributed by atoms with Crippen LogP contribution < -0.4 is 0 Å². The van der Waals surface area contributed by atoms with Crippen molar-refractivity contribution in [2.75, 3.05) is 0 Å². The Hall–Kier alpha value is -1.30. The monoisotopic (exact) mass is 325 g/mol. The van der Waals surface area contributed by atoms with Crippen LogP contribution in [0.4, 0.5) is 0 Å². The van der Waals surface area contributed by atoms with Gasteiger partial charge in [0, 0.05) is 0 Å². The van der Waals surface area contributed by atoms with E-state index in [0.29, 0.717) is 0 Å². The maximum Gasteiger partial charge on any atom is -0.0276 e. The van der Waals surface area contributed by atoms with Crippen molar-refractivity contribution in [2.45, 2.75) is 89.9 Å². The predicted octanol–water partition coefficient (Wildman–Crippen LogP) is 8.05. The van der Waals surface area contributed by atoms with E-state index in [1.165, 1.54) is 83.5 Å². The average molecular weight is 326 g/mol. The van der Waals surface area contributed by atoms with Gasteiger partial charge in [-0.25, -0.2) is 0 Å². The van der Waals surface area contributed by atoms with Crippen LogP contribution in [0.1, 0.15) is 89.9 Å². The van der Waals surface area contributed by atoms with Crippen LogP contribution in [-0.4, -0.2) is 0 Å². The third kappa shape index (κ3) is 15.6. The van der Waals surface area contributed by atoms with Crippen LogP contribution in [0.3, 0.4) is 0 Å². The van der Waals surface area contributed by atoms with Gasteiger partial charge in [0.15, 0.2) is 0 Å². The minimum absolute atomic E-state index is 1.10. The van der Waals surface area contributed by atoms with Crippen molar-refractivity contribution < 1.29 is 0 Å². The number of rotatable bonds is 0. The van der Waals surface area contributed by atoms with E-state index in [9.17, 15) is 0 Å². The zero-order chi connectivity index (χ0) is 17.0. The lowest BCUT2D eigenvalue weighted by Crippen LogP contribution is -1.83. The summed E-state index contributed by atoms with van der Waals surface area (Å²) >= 11 is 0. The van der Waals surface area contributed by atoms with E-state index >= 15 is 0 Å².